The molecule has 0 bridgehead atoms. The van der Waals surface area contributed by atoms with Crippen molar-refractivity contribution in [2.45, 2.75) is 16.6 Å². The monoisotopic (exact) mass is 361 g/mol. The van der Waals surface area contributed by atoms with Crippen molar-refractivity contribution in [1.82, 2.24) is 20.2 Å². The maximum absolute atomic E-state index is 4.39. The summed E-state index contributed by atoms with van der Waals surface area (Å²) in [6, 6.07) is 14.1. The van der Waals surface area contributed by atoms with Gasteiger partial charge in [-0.3, -0.25) is 5.10 Å². The Morgan fingerprint density at radius 3 is 2.71 bits per heavy atom. The molecule has 2 aromatic heterocycles. The van der Waals surface area contributed by atoms with Crippen LogP contribution in [0.5, 0.6) is 0 Å². The maximum atomic E-state index is 4.39. The lowest BCUT2D eigenvalue weighted by Crippen LogP contribution is -2.01. The van der Waals surface area contributed by atoms with Crippen molar-refractivity contribution in [2.75, 3.05) is 5.32 Å². The third-order valence-corrected chi connectivity index (χ3v) is 4.05. The minimum absolute atomic E-state index is 0.689. The number of anilines is 1. The quantitative estimate of drug-likeness (QED) is 0.677. The van der Waals surface area contributed by atoms with Crippen LogP contribution in [0.1, 0.15) is 5.69 Å². The molecule has 0 amide bonds. The zero-order valence-corrected chi connectivity index (χ0v) is 13.4. The Balaban J connectivity index is 1.59. The predicted octanol–water partition coefficient (Wildman–Crippen LogP) is 3.73. The van der Waals surface area contributed by atoms with Gasteiger partial charge in [0.25, 0.3) is 0 Å². The molecule has 0 spiro atoms. The van der Waals surface area contributed by atoms with Crippen molar-refractivity contribution in [3.8, 4) is 0 Å². The SMILES string of the molecule is Brc1cccc(CNc2ccc(Sc3ncn[nH]3)cc2)n1. The Hall–Kier alpha value is -1.86. The summed E-state index contributed by atoms with van der Waals surface area (Å²) in [7, 11) is 0. The van der Waals surface area contributed by atoms with Crippen LogP contribution in [0.15, 0.2) is 63.4 Å². The lowest BCUT2D eigenvalue weighted by atomic mass is 10.3. The summed E-state index contributed by atoms with van der Waals surface area (Å²) in [6.07, 6.45) is 1.50. The molecule has 0 unspecified atom stereocenters. The molecule has 1 aromatic carbocycles. The van der Waals surface area contributed by atoms with E-state index in [9.17, 15) is 0 Å². The van der Waals surface area contributed by atoms with Gasteiger partial charge < -0.3 is 5.32 Å². The Morgan fingerprint density at radius 1 is 1.14 bits per heavy atom. The van der Waals surface area contributed by atoms with E-state index < -0.39 is 0 Å². The Kier molecular flexibility index (Phi) is 4.52. The molecule has 0 radical (unpaired) electrons. The summed E-state index contributed by atoms with van der Waals surface area (Å²) < 4.78 is 0.848. The second-order valence-electron chi connectivity index (χ2n) is 4.22. The van der Waals surface area contributed by atoms with E-state index in [0.717, 1.165) is 26.0 Å². The molecule has 0 saturated heterocycles. The fraction of sp³-hybridized carbons (Fsp3) is 0.0714. The van der Waals surface area contributed by atoms with Crippen molar-refractivity contribution in [1.29, 1.82) is 0 Å². The number of hydrogen-bond acceptors (Lipinski definition) is 5. The van der Waals surface area contributed by atoms with E-state index in [1.165, 1.54) is 6.33 Å². The summed E-state index contributed by atoms with van der Waals surface area (Å²) in [4.78, 5) is 9.58. The van der Waals surface area contributed by atoms with Gasteiger partial charge in [0.1, 0.15) is 10.9 Å². The molecule has 2 heterocycles. The number of nitrogens with zero attached hydrogens (tertiary/aromatic N) is 3. The molecule has 0 fully saturated rings. The average Bonchev–Trinajstić information content (AvgIpc) is 3.00. The third kappa shape index (κ3) is 4.05. The van der Waals surface area contributed by atoms with Gasteiger partial charge in [-0.25, -0.2) is 9.97 Å². The summed E-state index contributed by atoms with van der Waals surface area (Å²) >= 11 is 4.91. The highest BCUT2D eigenvalue weighted by atomic mass is 79.9. The van der Waals surface area contributed by atoms with Gasteiger partial charge in [0.05, 0.1) is 12.2 Å². The molecular weight excluding hydrogens is 350 g/mol. The van der Waals surface area contributed by atoms with Crippen LogP contribution in [0.25, 0.3) is 0 Å². The zero-order chi connectivity index (χ0) is 14.5. The van der Waals surface area contributed by atoms with Crippen molar-refractivity contribution in [3.63, 3.8) is 0 Å². The van der Waals surface area contributed by atoms with Gasteiger partial charge in [-0.1, -0.05) is 17.8 Å². The molecule has 0 saturated carbocycles. The van der Waals surface area contributed by atoms with E-state index in [1.54, 1.807) is 11.8 Å². The van der Waals surface area contributed by atoms with Crippen LogP contribution in [0.4, 0.5) is 5.69 Å². The molecule has 0 aliphatic heterocycles. The number of nitrogens with one attached hydrogen (secondary N) is 2. The Bertz CT molecular complexity index is 700. The molecule has 2 N–H and O–H groups in total. The second-order valence-corrected chi connectivity index (χ2v) is 6.10. The average molecular weight is 362 g/mol. The number of aromatic amines is 1. The topological polar surface area (TPSA) is 66.5 Å². The number of H-pyrrole nitrogens is 1. The van der Waals surface area contributed by atoms with Crippen LogP contribution < -0.4 is 5.32 Å². The molecular formula is C14H12BrN5S. The molecule has 7 heteroatoms. The smallest absolute Gasteiger partial charge is 0.188 e. The molecule has 5 nitrogen and oxygen atoms in total. The highest BCUT2D eigenvalue weighted by Gasteiger charge is 2.01. The van der Waals surface area contributed by atoms with Gasteiger partial charge >= 0.3 is 0 Å². The molecule has 0 atom stereocenters. The van der Waals surface area contributed by atoms with Gasteiger partial charge in [0.15, 0.2) is 5.16 Å². The Labute approximate surface area is 134 Å². The minimum Gasteiger partial charge on any atom is -0.379 e. The number of aromatic nitrogens is 4. The number of halogens is 1. The first-order chi connectivity index (χ1) is 10.3. The Morgan fingerprint density at radius 2 is 2.00 bits per heavy atom. The van der Waals surface area contributed by atoms with Crippen molar-refractivity contribution in [3.05, 3.63) is 59.1 Å². The molecule has 0 aliphatic carbocycles. The lowest BCUT2D eigenvalue weighted by Gasteiger charge is -2.07. The fourth-order valence-electron chi connectivity index (χ4n) is 1.74. The predicted molar refractivity (Wildman–Crippen MR) is 86.2 cm³/mol. The van der Waals surface area contributed by atoms with Gasteiger partial charge in [-0.2, -0.15) is 5.10 Å². The normalized spacial score (nSPS) is 10.5. The van der Waals surface area contributed by atoms with E-state index in [-0.39, 0.29) is 0 Å². The maximum Gasteiger partial charge on any atom is 0.188 e. The molecule has 21 heavy (non-hydrogen) atoms. The highest BCUT2D eigenvalue weighted by molar-refractivity contribution is 9.10. The van der Waals surface area contributed by atoms with Crippen LogP contribution in [0.3, 0.4) is 0 Å². The number of pyridine rings is 1. The molecule has 3 aromatic rings. The number of benzene rings is 1. The molecule has 3 rings (SSSR count). The third-order valence-electron chi connectivity index (χ3n) is 2.71. The summed E-state index contributed by atoms with van der Waals surface area (Å²) in [5.74, 6) is 0. The van der Waals surface area contributed by atoms with Crippen LogP contribution in [0.2, 0.25) is 0 Å². The van der Waals surface area contributed by atoms with Gasteiger partial charge in [0, 0.05) is 10.6 Å². The highest BCUT2D eigenvalue weighted by Crippen LogP contribution is 2.25. The molecule has 106 valence electrons. The standard InChI is InChI=1S/C14H12BrN5S/c15-13-3-1-2-11(19-13)8-16-10-4-6-12(7-5-10)21-14-17-9-18-20-14/h1-7,9,16H,8H2,(H,17,18,20). The van der Waals surface area contributed by atoms with Gasteiger partial charge in [-0.15, -0.1) is 0 Å². The first-order valence-electron chi connectivity index (χ1n) is 6.28. The van der Waals surface area contributed by atoms with Crippen molar-refractivity contribution < 1.29 is 0 Å². The largest absolute Gasteiger partial charge is 0.379 e. The zero-order valence-electron chi connectivity index (χ0n) is 11.0. The van der Waals surface area contributed by atoms with Gasteiger partial charge in [0.2, 0.25) is 0 Å². The lowest BCUT2D eigenvalue weighted by molar-refractivity contribution is 0.973. The first-order valence-corrected chi connectivity index (χ1v) is 7.89. The van der Waals surface area contributed by atoms with E-state index in [2.05, 4.69) is 41.4 Å². The van der Waals surface area contributed by atoms with Crippen LogP contribution in [-0.2, 0) is 6.54 Å². The summed E-state index contributed by atoms with van der Waals surface area (Å²) in [5.41, 5.74) is 2.04. The van der Waals surface area contributed by atoms with Crippen LogP contribution in [-0.4, -0.2) is 20.2 Å². The van der Waals surface area contributed by atoms with E-state index in [1.807, 2.05) is 42.5 Å². The fourth-order valence-corrected chi connectivity index (χ4v) is 2.81. The van der Waals surface area contributed by atoms with E-state index >= 15 is 0 Å². The van der Waals surface area contributed by atoms with Crippen LogP contribution >= 0.6 is 27.7 Å². The van der Waals surface area contributed by atoms with E-state index in [4.69, 9.17) is 0 Å². The summed E-state index contributed by atoms with van der Waals surface area (Å²) in [6.45, 7) is 0.689. The summed E-state index contributed by atoms with van der Waals surface area (Å²) in [5, 5.41) is 10.8. The van der Waals surface area contributed by atoms with E-state index in [0.29, 0.717) is 6.54 Å². The van der Waals surface area contributed by atoms with Crippen molar-refractivity contribution >= 4 is 33.4 Å². The molecule has 0 aliphatic rings. The second kappa shape index (κ2) is 6.73. The first kappa shape index (κ1) is 14.1. The van der Waals surface area contributed by atoms with Crippen LogP contribution in [0, 0.1) is 0 Å². The number of hydrogen-bond donors (Lipinski definition) is 2. The van der Waals surface area contributed by atoms with Crippen molar-refractivity contribution in [2.24, 2.45) is 0 Å². The van der Waals surface area contributed by atoms with Gasteiger partial charge in [-0.05, 0) is 52.3 Å². The minimum atomic E-state index is 0.689. The number of rotatable bonds is 5.